The molecule has 0 atom stereocenters. The monoisotopic (exact) mass is 1160 g/mol. The van der Waals surface area contributed by atoms with Gasteiger partial charge in [-0.05, 0) is 24.3 Å². The number of ether oxygens (including phenoxy) is 2. The summed E-state index contributed by atoms with van der Waals surface area (Å²) in [5.74, 6) is 3.35. The van der Waals surface area contributed by atoms with E-state index in [1.165, 1.54) is 103 Å². The normalized spacial score (nSPS) is 14.9. The number of para-hydroxylation sites is 8. The van der Waals surface area contributed by atoms with Crippen LogP contribution in [-0.4, -0.2) is 74.4 Å². The first-order valence-corrected chi connectivity index (χ1v) is 26.8. The molecule has 0 bridgehead atoms. The molecule has 4 saturated carbocycles. The Hall–Kier alpha value is -3.85. The van der Waals surface area contributed by atoms with Crippen LogP contribution in [0.25, 0.3) is 32.7 Å². The molecular formula is C58H68Cl4Ga2N6O2. The summed E-state index contributed by atoms with van der Waals surface area (Å²) >= 11 is 19.1. The van der Waals surface area contributed by atoms with E-state index in [2.05, 4.69) is 24.3 Å². The van der Waals surface area contributed by atoms with Crippen molar-refractivity contribution in [2.75, 3.05) is 10.7 Å². The Kier molecular flexibility index (Phi) is 32.8. The zero-order valence-electron chi connectivity index (χ0n) is 41.3. The van der Waals surface area contributed by atoms with Crippen LogP contribution in [0.1, 0.15) is 103 Å². The summed E-state index contributed by atoms with van der Waals surface area (Å²) in [6, 6.07) is 52.5. The molecule has 72 heavy (non-hydrogen) atoms. The van der Waals surface area contributed by atoms with Gasteiger partial charge in [-0.3, -0.25) is 0 Å². The SMILES string of the molecule is ClCCl.ClCCl.[Ga+3].[Ga+3].[NH-]c1ccccc1.[NH-]c1ccccc1.c1ccc(Oc2ccccc2[N-]C2CCCC2)c([N-]C2CCCC2)c1.c1ccc(Oc2ccccc2[N-]C2CCCC2)c([N-]C2CCCC2)c1. The van der Waals surface area contributed by atoms with E-state index in [-0.39, 0.29) is 50.3 Å². The predicted octanol–water partition coefficient (Wildman–Crippen LogP) is 21.6. The molecule has 4 aliphatic carbocycles. The van der Waals surface area contributed by atoms with Crippen LogP contribution in [0.5, 0.6) is 23.0 Å². The molecule has 0 aromatic heterocycles. The minimum atomic E-state index is 0. The molecule has 0 saturated heterocycles. The smallest absolute Gasteiger partial charge is 0.699 e. The minimum Gasteiger partial charge on any atom is -0.699 e. The average Bonchev–Trinajstić information content (AvgIpc) is 4.25. The van der Waals surface area contributed by atoms with E-state index in [4.69, 9.17) is 88.6 Å². The van der Waals surface area contributed by atoms with Gasteiger partial charge in [0.05, 0.1) is 10.7 Å². The molecule has 0 amide bonds. The van der Waals surface area contributed by atoms with Gasteiger partial charge >= 0.3 is 39.6 Å². The van der Waals surface area contributed by atoms with Crippen molar-refractivity contribution in [2.24, 2.45) is 0 Å². The molecule has 4 fully saturated rings. The Balaban J connectivity index is 0.000000271. The molecule has 0 spiro atoms. The number of hydrogen-bond donors (Lipinski definition) is 0. The number of hydrogen-bond acceptors (Lipinski definition) is 2. The third kappa shape index (κ3) is 24.0. The van der Waals surface area contributed by atoms with Crippen LogP contribution in [0.2, 0.25) is 0 Å². The maximum absolute atomic E-state index is 7.00. The van der Waals surface area contributed by atoms with Crippen LogP contribution in [0.15, 0.2) is 158 Å². The van der Waals surface area contributed by atoms with Crippen LogP contribution in [0.4, 0.5) is 34.1 Å². The average molecular weight is 1160 g/mol. The first-order chi connectivity index (χ1) is 34.4. The van der Waals surface area contributed by atoms with Crippen LogP contribution in [0, 0.1) is 0 Å². The summed E-state index contributed by atoms with van der Waals surface area (Å²) in [4.78, 5) is 0. The fourth-order valence-corrected chi connectivity index (χ4v) is 8.63. The summed E-state index contributed by atoms with van der Waals surface area (Å²) < 4.78 is 12.5. The molecule has 6 aromatic carbocycles. The summed E-state index contributed by atoms with van der Waals surface area (Å²) in [7, 11) is 0. The molecule has 0 aliphatic heterocycles. The van der Waals surface area contributed by atoms with E-state index in [9.17, 15) is 0 Å². The Labute approximate surface area is 476 Å². The standard InChI is InChI=1S/2C22H26N2O.2C6H6N.2CH2Cl2.2Ga/c2*1-2-10-17(9-1)23-19-13-5-7-15-21(19)25-22-16-8-6-14-20(22)24-18-11-3-4-12-18;2*7-6-4-2-1-3-5-6;2*2-1-3;;/h2*5-8,13-18H,1-4,9-12H2;2*1-5,7H;2*1H2;;/q2*-2;2*-1;;;2*+3. The van der Waals surface area contributed by atoms with Gasteiger partial charge in [-0.1, -0.05) is 259 Å². The molecule has 14 heteroatoms. The van der Waals surface area contributed by atoms with Gasteiger partial charge in [0.1, 0.15) is 23.0 Å². The summed E-state index contributed by atoms with van der Waals surface area (Å²) in [6.07, 6.45) is 19.9. The zero-order chi connectivity index (χ0) is 49.4. The fraction of sp³-hybridized carbons (Fsp3) is 0.379. The Bertz CT molecular complexity index is 2000. The Morgan fingerprint density at radius 3 is 0.681 bits per heavy atom. The topological polar surface area (TPSA) is 122 Å². The van der Waals surface area contributed by atoms with Crippen molar-refractivity contribution in [2.45, 2.75) is 127 Å². The number of rotatable bonds is 12. The van der Waals surface area contributed by atoms with E-state index in [0.29, 0.717) is 35.5 Å². The molecule has 0 unspecified atom stereocenters. The molecule has 0 heterocycles. The van der Waals surface area contributed by atoms with Crippen molar-refractivity contribution < 1.29 is 9.47 Å². The largest absolute Gasteiger partial charge is 3.00 e. The van der Waals surface area contributed by atoms with Gasteiger partial charge in [-0.15, -0.1) is 81.9 Å². The Morgan fingerprint density at radius 1 is 0.319 bits per heavy atom. The molecule has 2 N–H and O–H groups in total. The number of halogens is 4. The van der Waals surface area contributed by atoms with Gasteiger partial charge in [-0.25, -0.2) is 0 Å². The van der Waals surface area contributed by atoms with E-state index in [1.54, 1.807) is 24.3 Å². The third-order valence-corrected chi connectivity index (χ3v) is 12.0. The molecular weight excluding hydrogens is 1090 g/mol. The number of benzene rings is 6. The predicted molar refractivity (Wildman–Crippen MR) is 313 cm³/mol. The summed E-state index contributed by atoms with van der Waals surface area (Å²) in [6.45, 7) is 0. The second-order valence-corrected chi connectivity index (χ2v) is 18.9. The third-order valence-electron chi connectivity index (χ3n) is 12.0. The van der Waals surface area contributed by atoms with Crippen molar-refractivity contribution in [3.63, 3.8) is 0 Å². The molecule has 8 nitrogen and oxygen atoms in total. The van der Waals surface area contributed by atoms with Gasteiger partial charge < -0.3 is 42.2 Å². The van der Waals surface area contributed by atoms with E-state index < -0.39 is 0 Å². The van der Waals surface area contributed by atoms with Gasteiger partial charge in [0.2, 0.25) is 0 Å². The van der Waals surface area contributed by atoms with Crippen LogP contribution in [-0.2, 0) is 0 Å². The van der Waals surface area contributed by atoms with Crippen molar-refractivity contribution in [1.29, 1.82) is 0 Å². The van der Waals surface area contributed by atoms with Gasteiger partial charge in [0.25, 0.3) is 0 Å². The maximum atomic E-state index is 7.00. The van der Waals surface area contributed by atoms with Crippen LogP contribution >= 0.6 is 46.4 Å². The molecule has 376 valence electrons. The van der Waals surface area contributed by atoms with Gasteiger partial charge in [0, 0.05) is 0 Å². The van der Waals surface area contributed by atoms with Crippen molar-refractivity contribution in [1.82, 2.24) is 0 Å². The number of nitrogens with zero attached hydrogens (tertiary/aromatic N) is 4. The first kappa shape index (κ1) is 62.4. The van der Waals surface area contributed by atoms with Crippen LogP contribution in [0.3, 0.4) is 0 Å². The van der Waals surface area contributed by atoms with Gasteiger partial charge in [-0.2, -0.15) is 0 Å². The first-order valence-electron chi connectivity index (χ1n) is 24.7. The number of nitrogens with one attached hydrogen (secondary N) is 2. The summed E-state index contributed by atoms with van der Waals surface area (Å²) in [5.41, 5.74) is 19.0. The summed E-state index contributed by atoms with van der Waals surface area (Å²) in [5, 5.41) is 20.1. The molecule has 6 aromatic rings. The van der Waals surface area contributed by atoms with Gasteiger partial charge in [0.15, 0.2) is 0 Å². The second-order valence-electron chi connectivity index (χ2n) is 17.3. The maximum Gasteiger partial charge on any atom is 3.00 e. The molecule has 10 rings (SSSR count). The second kappa shape index (κ2) is 37.8. The van der Waals surface area contributed by atoms with E-state index in [0.717, 1.165) is 45.7 Å². The van der Waals surface area contributed by atoms with Crippen molar-refractivity contribution in [3.8, 4) is 23.0 Å². The van der Waals surface area contributed by atoms with Crippen molar-refractivity contribution >= 4 is 120 Å². The van der Waals surface area contributed by atoms with E-state index >= 15 is 0 Å². The fourth-order valence-electron chi connectivity index (χ4n) is 8.63. The Morgan fingerprint density at radius 2 is 0.500 bits per heavy atom. The van der Waals surface area contributed by atoms with E-state index in [1.807, 2.05) is 109 Å². The number of alkyl halides is 4. The van der Waals surface area contributed by atoms with Crippen LogP contribution < -0.4 is 9.47 Å². The molecule has 0 radical (unpaired) electrons. The van der Waals surface area contributed by atoms with Crippen molar-refractivity contribution in [3.05, 3.63) is 190 Å². The minimum absolute atomic E-state index is 0. The zero-order valence-corrected chi connectivity index (χ0v) is 49.2. The quantitative estimate of drug-likeness (QED) is 0.0895. The molecule has 4 aliphatic rings.